The molecule has 0 amide bonds. The van der Waals surface area contributed by atoms with Gasteiger partial charge in [0, 0.05) is 32.5 Å². The van der Waals surface area contributed by atoms with Gasteiger partial charge in [0.25, 0.3) is 0 Å². The molecule has 136 valence electrons. The second-order valence-corrected chi connectivity index (χ2v) is 8.04. The van der Waals surface area contributed by atoms with Crippen LogP contribution in [0.25, 0.3) is 0 Å². The molecule has 5 nitrogen and oxygen atoms in total. The summed E-state index contributed by atoms with van der Waals surface area (Å²) >= 11 is 3.37. The second-order valence-electron chi connectivity index (χ2n) is 7.13. The number of hydrogen-bond donors (Lipinski definition) is 1. The highest BCUT2D eigenvalue weighted by Gasteiger charge is 2.23. The van der Waals surface area contributed by atoms with E-state index in [1.165, 1.54) is 32.1 Å². The maximum absolute atomic E-state index is 9.89. The Morgan fingerprint density at radius 1 is 1.17 bits per heavy atom. The quantitative estimate of drug-likeness (QED) is 0.678. The highest BCUT2D eigenvalue weighted by molar-refractivity contribution is 9.10. The van der Waals surface area contributed by atoms with E-state index < -0.39 is 0 Å². The van der Waals surface area contributed by atoms with Crippen molar-refractivity contribution in [2.75, 3.05) is 32.1 Å². The second kappa shape index (κ2) is 9.68. The molecule has 1 fully saturated rings. The maximum atomic E-state index is 9.89. The van der Waals surface area contributed by atoms with Gasteiger partial charge < -0.3 is 10.0 Å². The van der Waals surface area contributed by atoms with Crippen LogP contribution < -0.4 is 4.90 Å². The molecule has 1 aliphatic carbocycles. The highest BCUT2D eigenvalue weighted by atomic mass is 79.9. The van der Waals surface area contributed by atoms with Crippen LogP contribution in [-0.4, -0.2) is 53.4 Å². The first-order chi connectivity index (χ1) is 11.5. The molecular weight excluding hydrogens is 368 g/mol. The SMILES string of the molecule is CCC(O)N(C)CC1CCC(CCN(C)c2ncc(Br)cn2)CC1. The predicted octanol–water partition coefficient (Wildman–Crippen LogP) is 3.53. The lowest BCUT2D eigenvalue weighted by Crippen LogP contribution is -2.36. The maximum Gasteiger partial charge on any atom is 0.225 e. The highest BCUT2D eigenvalue weighted by Crippen LogP contribution is 2.31. The number of aliphatic hydroxyl groups is 1. The minimum atomic E-state index is -0.290. The fourth-order valence-electron chi connectivity index (χ4n) is 3.52. The van der Waals surface area contributed by atoms with Crippen LogP contribution in [-0.2, 0) is 0 Å². The van der Waals surface area contributed by atoms with Crippen molar-refractivity contribution >= 4 is 21.9 Å². The molecule has 0 saturated heterocycles. The molecule has 0 aliphatic heterocycles. The Kier molecular flexibility index (Phi) is 7.91. The van der Waals surface area contributed by atoms with Crippen LogP contribution in [0.15, 0.2) is 16.9 Å². The Bertz CT molecular complexity index is 476. The smallest absolute Gasteiger partial charge is 0.225 e. The van der Waals surface area contributed by atoms with Gasteiger partial charge in [0.05, 0.1) is 4.47 Å². The first-order valence-corrected chi connectivity index (χ1v) is 9.85. The van der Waals surface area contributed by atoms with Gasteiger partial charge in [-0.1, -0.05) is 19.8 Å². The molecule has 1 aliphatic rings. The van der Waals surface area contributed by atoms with E-state index in [-0.39, 0.29) is 6.23 Å². The number of halogens is 1. The van der Waals surface area contributed by atoms with E-state index >= 15 is 0 Å². The Balaban J connectivity index is 1.68. The molecule has 1 aromatic heterocycles. The Hall–Kier alpha value is -0.720. The van der Waals surface area contributed by atoms with E-state index in [9.17, 15) is 5.11 Å². The largest absolute Gasteiger partial charge is 0.378 e. The number of anilines is 1. The summed E-state index contributed by atoms with van der Waals surface area (Å²) in [6.07, 6.45) is 10.5. The van der Waals surface area contributed by atoms with Crippen LogP contribution >= 0.6 is 15.9 Å². The van der Waals surface area contributed by atoms with E-state index in [1.54, 1.807) is 12.4 Å². The predicted molar refractivity (Wildman–Crippen MR) is 102 cm³/mol. The summed E-state index contributed by atoms with van der Waals surface area (Å²) in [6.45, 7) is 4.06. The van der Waals surface area contributed by atoms with Crippen LogP contribution in [0, 0.1) is 11.8 Å². The molecule has 0 spiro atoms. The molecule has 2 rings (SSSR count). The summed E-state index contributed by atoms with van der Waals surface area (Å²) in [7, 11) is 4.10. The van der Waals surface area contributed by atoms with E-state index in [4.69, 9.17) is 0 Å². The Morgan fingerprint density at radius 3 is 2.33 bits per heavy atom. The van der Waals surface area contributed by atoms with Crippen LogP contribution in [0.3, 0.4) is 0 Å². The standard InChI is InChI=1S/C18H31BrN4O/c1-4-17(24)23(3)13-15-7-5-14(6-8-15)9-10-22(2)18-20-11-16(19)12-21-18/h11-12,14-15,17,24H,4-10,13H2,1-3H3. The normalized spacial score (nSPS) is 22.6. The molecule has 1 N–H and O–H groups in total. The van der Waals surface area contributed by atoms with Gasteiger partial charge in [0.2, 0.25) is 5.95 Å². The molecule has 6 heteroatoms. The summed E-state index contributed by atoms with van der Waals surface area (Å²) in [5.74, 6) is 2.34. The molecule has 1 atom stereocenters. The molecule has 24 heavy (non-hydrogen) atoms. The van der Waals surface area contributed by atoms with Gasteiger partial charge in [0.15, 0.2) is 0 Å². The molecule has 1 unspecified atom stereocenters. The van der Waals surface area contributed by atoms with Crippen molar-refractivity contribution in [1.82, 2.24) is 14.9 Å². The molecule has 1 heterocycles. The van der Waals surface area contributed by atoms with Crippen LogP contribution in [0.5, 0.6) is 0 Å². The first-order valence-electron chi connectivity index (χ1n) is 9.06. The molecule has 0 bridgehead atoms. The minimum Gasteiger partial charge on any atom is -0.378 e. The van der Waals surface area contributed by atoms with Crippen molar-refractivity contribution in [3.63, 3.8) is 0 Å². The molecule has 0 aromatic carbocycles. The summed E-state index contributed by atoms with van der Waals surface area (Å²) in [5.41, 5.74) is 0. The zero-order valence-electron chi connectivity index (χ0n) is 15.2. The molecular formula is C18H31BrN4O. The van der Waals surface area contributed by atoms with Gasteiger partial charge in [-0.25, -0.2) is 9.97 Å². The third-order valence-electron chi connectivity index (χ3n) is 5.21. The lowest BCUT2D eigenvalue weighted by atomic mass is 9.80. The Labute approximate surface area is 154 Å². The van der Waals surface area contributed by atoms with E-state index in [0.717, 1.165) is 41.8 Å². The third kappa shape index (κ3) is 5.97. The fraction of sp³-hybridized carbons (Fsp3) is 0.778. The summed E-state index contributed by atoms with van der Waals surface area (Å²) in [5, 5.41) is 9.89. The average molecular weight is 399 g/mol. The van der Waals surface area contributed by atoms with Crippen LogP contribution in [0.1, 0.15) is 45.4 Å². The zero-order valence-corrected chi connectivity index (χ0v) is 16.7. The Morgan fingerprint density at radius 2 is 1.75 bits per heavy atom. The van der Waals surface area contributed by atoms with Gasteiger partial charge in [-0.15, -0.1) is 0 Å². The zero-order chi connectivity index (χ0) is 17.5. The summed E-state index contributed by atoms with van der Waals surface area (Å²) in [6, 6.07) is 0. The number of aliphatic hydroxyl groups excluding tert-OH is 1. The first kappa shape index (κ1) is 19.6. The van der Waals surface area contributed by atoms with E-state index in [2.05, 4.69) is 42.7 Å². The lowest BCUT2D eigenvalue weighted by molar-refractivity contribution is 0.00506. The van der Waals surface area contributed by atoms with Gasteiger partial charge in [-0.3, -0.25) is 4.90 Å². The van der Waals surface area contributed by atoms with Crippen molar-refractivity contribution in [3.05, 3.63) is 16.9 Å². The van der Waals surface area contributed by atoms with Crippen molar-refractivity contribution in [1.29, 1.82) is 0 Å². The monoisotopic (exact) mass is 398 g/mol. The van der Waals surface area contributed by atoms with Crippen LogP contribution in [0.2, 0.25) is 0 Å². The minimum absolute atomic E-state index is 0.290. The molecule has 1 saturated carbocycles. The number of nitrogens with zero attached hydrogens (tertiary/aromatic N) is 4. The topological polar surface area (TPSA) is 52.5 Å². The number of rotatable bonds is 8. The summed E-state index contributed by atoms with van der Waals surface area (Å²) in [4.78, 5) is 12.9. The fourth-order valence-corrected chi connectivity index (χ4v) is 3.73. The summed E-state index contributed by atoms with van der Waals surface area (Å²) < 4.78 is 0.913. The van der Waals surface area contributed by atoms with Crippen molar-refractivity contribution in [2.24, 2.45) is 11.8 Å². The van der Waals surface area contributed by atoms with Crippen molar-refractivity contribution < 1.29 is 5.11 Å². The van der Waals surface area contributed by atoms with Crippen molar-refractivity contribution in [2.45, 2.75) is 51.7 Å². The molecule has 0 radical (unpaired) electrons. The lowest BCUT2D eigenvalue weighted by Gasteiger charge is -2.33. The van der Waals surface area contributed by atoms with Gasteiger partial charge in [-0.05, 0) is 60.5 Å². The average Bonchev–Trinajstić information content (AvgIpc) is 2.60. The third-order valence-corrected chi connectivity index (χ3v) is 5.62. The van der Waals surface area contributed by atoms with Gasteiger partial charge in [0.1, 0.15) is 6.23 Å². The molecule has 1 aromatic rings. The van der Waals surface area contributed by atoms with E-state index in [1.807, 2.05) is 14.0 Å². The number of hydrogen-bond acceptors (Lipinski definition) is 5. The van der Waals surface area contributed by atoms with Crippen molar-refractivity contribution in [3.8, 4) is 0 Å². The number of aromatic nitrogens is 2. The van der Waals surface area contributed by atoms with Gasteiger partial charge >= 0.3 is 0 Å². The van der Waals surface area contributed by atoms with E-state index in [0.29, 0.717) is 0 Å². The van der Waals surface area contributed by atoms with Crippen LogP contribution in [0.4, 0.5) is 5.95 Å². The van der Waals surface area contributed by atoms with Gasteiger partial charge in [-0.2, -0.15) is 0 Å².